The number of carbonyl (C=O) groups excluding carboxylic acids is 2. The molecule has 0 spiro atoms. The highest BCUT2D eigenvalue weighted by Gasteiger charge is 2.38. The third-order valence-electron chi connectivity index (χ3n) is 4.60. The highest BCUT2D eigenvalue weighted by Crippen LogP contribution is 2.40. The maximum atomic E-state index is 14.4. The Bertz CT molecular complexity index is 1070. The van der Waals surface area contributed by atoms with Gasteiger partial charge < -0.3 is 20.5 Å². The molecule has 12 heteroatoms. The minimum atomic E-state index is -3.04. The third-order valence-corrected chi connectivity index (χ3v) is 4.60. The molecule has 1 saturated heterocycles. The second-order valence-corrected chi connectivity index (χ2v) is 6.87. The molecule has 8 nitrogen and oxygen atoms in total. The number of anilines is 1. The van der Waals surface area contributed by atoms with Gasteiger partial charge >= 0.3 is 0 Å². The van der Waals surface area contributed by atoms with Crippen molar-refractivity contribution in [1.82, 2.24) is 9.97 Å². The van der Waals surface area contributed by atoms with Gasteiger partial charge in [-0.05, 0) is 24.6 Å². The minimum Gasteiger partial charge on any atom is -0.483 e. The van der Waals surface area contributed by atoms with Gasteiger partial charge in [0.05, 0.1) is 24.6 Å². The van der Waals surface area contributed by atoms with E-state index in [1.807, 2.05) is 0 Å². The zero-order valence-electron chi connectivity index (χ0n) is 16.7. The minimum absolute atomic E-state index is 0.0704. The van der Waals surface area contributed by atoms with E-state index in [0.29, 0.717) is 6.08 Å². The summed E-state index contributed by atoms with van der Waals surface area (Å²) in [5, 5.41) is 2.25. The number of methoxy groups -OCH3 is 1. The number of benzene rings is 1. The van der Waals surface area contributed by atoms with Gasteiger partial charge in [0.1, 0.15) is 36.4 Å². The summed E-state index contributed by atoms with van der Waals surface area (Å²) in [6.07, 6.45) is -0.0182. The van der Waals surface area contributed by atoms with Crippen molar-refractivity contribution in [3.8, 4) is 11.3 Å². The number of amides is 1. The molecule has 1 aliphatic heterocycles. The second kappa shape index (κ2) is 9.30. The third kappa shape index (κ3) is 5.19. The topological polar surface area (TPSA) is 116 Å². The maximum Gasteiger partial charge on any atom is 0.296 e. The lowest BCUT2D eigenvalue weighted by molar-refractivity contribution is -0.146. The highest BCUT2D eigenvalue weighted by atomic mass is 19.3. The number of hydrogen-bond donors (Lipinski definition) is 2. The predicted molar refractivity (Wildman–Crippen MR) is 103 cm³/mol. The first-order valence-corrected chi connectivity index (χ1v) is 9.27. The molecule has 0 bridgehead atoms. The van der Waals surface area contributed by atoms with Crippen LogP contribution in [0.1, 0.15) is 24.6 Å². The lowest BCUT2D eigenvalue weighted by Gasteiger charge is -2.29. The smallest absolute Gasteiger partial charge is 0.296 e. The number of ether oxygens (including phenoxy) is 2. The van der Waals surface area contributed by atoms with Crippen molar-refractivity contribution in [1.29, 1.82) is 0 Å². The Hall–Kier alpha value is -3.54. The Balaban J connectivity index is 2.07. The highest BCUT2D eigenvalue weighted by molar-refractivity contribution is 6.44. The molecule has 1 fully saturated rings. The van der Waals surface area contributed by atoms with Gasteiger partial charge in [0.15, 0.2) is 5.88 Å². The molecule has 0 radical (unpaired) electrons. The van der Waals surface area contributed by atoms with Crippen LogP contribution < -0.4 is 11.1 Å². The number of nitrogens with two attached hydrogens (primary N) is 1. The summed E-state index contributed by atoms with van der Waals surface area (Å²) in [7, 11) is 1.18. The van der Waals surface area contributed by atoms with Gasteiger partial charge in [-0.3, -0.25) is 9.59 Å². The lowest BCUT2D eigenvalue weighted by Crippen LogP contribution is -2.32. The van der Waals surface area contributed by atoms with Crippen LogP contribution in [0.3, 0.4) is 0 Å². The SMILES string of the molecule is CO/C(N)=C/C(=O)C(=O)Nc1c(-c2cc(F)ccc2F)ncnc1C1CCC(F)(F)CO1. The standard InChI is InChI=1S/C20H18F4N4O4/c1-31-15(25)7-13(29)19(30)28-18-16(11-6-10(21)2-3-12(11)22)26-9-27-17(18)14-4-5-20(23,24)8-32-14/h2-3,6-7,9,14H,4-5,8,25H2,1H3,(H,28,30)/b15-7+. The Labute approximate surface area is 179 Å². The number of aromatic nitrogens is 2. The van der Waals surface area contributed by atoms with Crippen molar-refractivity contribution < 1.29 is 36.6 Å². The molecule has 170 valence electrons. The average molecular weight is 454 g/mol. The number of halogens is 4. The van der Waals surface area contributed by atoms with Crippen molar-refractivity contribution in [3.63, 3.8) is 0 Å². The molecule has 0 saturated carbocycles. The fourth-order valence-electron chi connectivity index (χ4n) is 3.01. The van der Waals surface area contributed by atoms with Crippen molar-refractivity contribution in [2.24, 2.45) is 5.73 Å². The first kappa shape index (κ1) is 23.1. The van der Waals surface area contributed by atoms with E-state index in [1.54, 1.807) is 0 Å². The van der Waals surface area contributed by atoms with Crippen LogP contribution in [-0.2, 0) is 19.1 Å². The van der Waals surface area contributed by atoms with E-state index < -0.39 is 48.4 Å². The van der Waals surface area contributed by atoms with Gasteiger partial charge in [-0.15, -0.1) is 0 Å². The van der Waals surface area contributed by atoms with Gasteiger partial charge in [0, 0.05) is 12.0 Å². The number of rotatable bonds is 6. The van der Waals surface area contributed by atoms with Crippen LogP contribution in [0.4, 0.5) is 23.2 Å². The molecule has 3 rings (SSSR count). The van der Waals surface area contributed by atoms with E-state index in [4.69, 9.17) is 10.5 Å². The fraction of sp³-hybridized carbons (Fsp3) is 0.300. The summed E-state index contributed by atoms with van der Waals surface area (Å²) >= 11 is 0. The van der Waals surface area contributed by atoms with Crippen LogP contribution in [0.15, 0.2) is 36.5 Å². The quantitative estimate of drug-likeness (QED) is 0.298. The predicted octanol–water partition coefficient (Wildman–Crippen LogP) is 2.86. The lowest BCUT2D eigenvalue weighted by atomic mass is 10.00. The van der Waals surface area contributed by atoms with Gasteiger partial charge in [-0.2, -0.15) is 0 Å². The zero-order valence-corrected chi connectivity index (χ0v) is 16.7. The Morgan fingerprint density at radius 3 is 2.72 bits per heavy atom. The van der Waals surface area contributed by atoms with Crippen LogP contribution in [0.5, 0.6) is 0 Å². The van der Waals surface area contributed by atoms with E-state index in [9.17, 15) is 27.2 Å². The number of nitrogens with zero attached hydrogens (tertiary/aromatic N) is 2. The van der Waals surface area contributed by atoms with Crippen molar-refractivity contribution in [3.05, 3.63) is 53.8 Å². The zero-order chi connectivity index (χ0) is 23.5. The molecule has 1 aliphatic rings. The Morgan fingerprint density at radius 2 is 2.06 bits per heavy atom. The molecule has 0 aliphatic carbocycles. The normalized spacial score (nSPS) is 18.2. The maximum absolute atomic E-state index is 14.4. The van der Waals surface area contributed by atoms with Crippen LogP contribution in [0.25, 0.3) is 11.3 Å². The first-order valence-electron chi connectivity index (χ1n) is 9.27. The largest absolute Gasteiger partial charge is 0.483 e. The number of alkyl halides is 2. The number of nitrogens with one attached hydrogen (secondary N) is 1. The summed E-state index contributed by atoms with van der Waals surface area (Å²) in [6.45, 7) is -0.898. The molecule has 2 aromatic rings. The fourth-order valence-corrected chi connectivity index (χ4v) is 3.01. The van der Waals surface area contributed by atoms with E-state index in [-0.39, 0.29) is 34.9 Å². The molecular formula is C20H18F4N4O4. The number of carbonyl (C=O) groups is 2. The van der Waals surface area contributed by atoms with Crippen LogP contribution in [0, 0.1) is 11.6 Å². The summed E-state index contributed by atoms with van der Waals surface area (Å²) in [5.74, 6) is -7.40. The summed E-state index contributed by atoms with van der Waals surface area (Å²) in [4.78, 5) is 32.4. The molecular weight excluding hydrogens is 436 g/mol. The number of hydrogen-bond acceptors (Lipinski definition) is 7. The monoisotopic (exact) mass is 454 g/mol. The summed E-state index contributed by atoms with van der Waals surface area (Å²) in [6, 6.07) is 2.56. The second-order valence-electron chi connectivity index (χ2n) is 6.87. The van der Waals surface area contributed by atoms with Crippen molar-refractivity contribution in [2.75, 3.05) is 19.0 Å². The van der Waals surface area contributed by atoms with E-state index >= 15 is 0 Å². The Morgan fingerprint density at radius 1 is 1.31 bits per heavy atom. The van der Waals surface area contributed by atoms with E-state index in [1.165, 1.54) is 7.11 Å². The van der Waals surface area contributed by atoms with E-state index in [2.05, 4.69) is 20.0 Å². The van der Waals surface area contributed by atoms with Crippen molar-refractivity contribution >= 4 is 17.4 Å². The Kier molecular flexibility index (Phi) is 6.72. The van der Waals surface area contributed by atoms with Crippen LogP contribution >= 0.6 is 0 Å². The molecule has 1 aromatic carbocycles. The van der Waals surface area contributed by atoms with Gasteiger partial charge in [0.25, 0.3) is 11.8 Å². The molecule has 2 heterocycles. The molecule has 1 unspecified atom stereocenters. The van der Waals surface area contributed by atoms with Crippen molar-refractivity contribution in [2.45, 2.75) is 24.9 Å². The molecule has 1 atom stereocenters. The average Bonchev–Trinajstić information content (AvgIpc) is 2.75. The number of ketones is 1. The van der Waals surface area contributed by atoms with E-state index in [0.717, 1.165) is 24.5 Å². The molecule has 1 aromatic heterocycles. The summed E-state index contributed by atoms with van der Waals surface area (Å²) in [5.41, 5.74) is 4.40. The molecule has 3 N–H and O–H groups in total. The molecule has 32 heavy (non-hydrogen) atoms. The molecule has 1 amide bonds. The van der Waals surface area contributed by atoms with Crippen LogP contribution in [-0.4, -0.2) is 41.3 Å². The van der Waals surface area contributed by atoms with Gasteiger partial charge in [0.2, 0.25) is 5.78 Å². The van der Waals surface area contributed by atoms with Crippen LogP contribution in [0.2, 0.25) is 0 Å². The van der Waals surface area contributed by atoms with Gasteiger partial charge in [-0.1, -0.05) is 0 Å². The van der Waals surface area contributed by atoms with Gasteiger partial charge in [-0.25, -0.2) is 27.5 Å². The first-order chi connectivity index (χ1) is 15.1. The summed E-state index contributed by atoms with van der Waals surface area (Å²) < 4.78 is 65.1.